The highest BCUT2D eigenvalue weighted by atomic mass is 16.6. The maximum absolute atomic E-state index is 10.9. The molecule has 2 rings (SSSR count). The minimum Gasteiger partial charge on any atom is -0.386 e. The van der Waals surface area contributed by atoms with Crippen LogP contribution in [0, 0.1) is 21.4 Å². The third kappa shape index (κ3) is 1.90. The van der Waals surface area contributed by atoms with Gasteiger partial charge >= 0.3 is 5.69 Å². The quantitative estimate of drug-likeness (QED) is 0.588. The Hall–Kier alpha value is -2.20. The van der Waals surface area contributed by atoms with Gasteiger partial charge in [-0.1, -0.05) is 0 Å². The van der Waals surface area contributed by atoms with E-state index in [0.717, 1.165) is 0 Å². The lowest BCUT2D eigenvalue weighted by Gasteiger charge is -2.44. The summed E-state index contributed by atoms with van der Waals surface area (Å²) in [6.45, 7) is 2.19. The molecule has 0 spiro atoms. The highest BCUT2D eigenvalue weighted by Crippen LogP contribution is 2.34. The predicted octanol–water partition coefficient (Wildman–Crippen LogP) is 0.432. The van der Waals surface area contributed by atoms with Gasteiger partial charge in [-0.05, 0) is 13.0 Å². The molecule has 0 amide bonds. The van der Waals surface area contributed by atoms with Gasteiger partial charge in [-0.2, -0.15) is 5.26 Å². The van der Waals surface area contributed by atoms with Crippen molar-refractivity contribution in [1.82, 2.24) is 4.98 Å². The fourth-order valence-electron chi connectivity index (χ4n) is 1.87. The van der Waals surface area contributed by atoms with E-state index in [1.807, 2.05) is 0 Å². The van der Waals surface area contributed by atoms with Crippen LogP contribution in [0.15, 0.2) is 12.3 Å². The lowest BCUT2D eigenvalue weighted by Crippen LogP contribution is -2.60. The van der Waals surface area contributed by atoms with Gasteiger partial charge in [0.05, 0.1) is 10.5 Å². The lowest BCUT2D eigenvalue weighted by molar-refractivity contribution is -0.384. The van der Waals surface area contributed by atoms with E-state index in [0.29, 0.717) is 0 Å². The van der Waals surface area contributed by atoms with Gasteiger partial charge in [0.1, 0.15) is 11.6 Å². The van der Waals surface area contributed by atoms with Crippen molar-refractivity contribution in [3.05, 3.63) is 27.9 Å². The van der Waals surface area contributed by atoms with Crippen LogP contribution < -0.4 is 4.90 Å². The van der Waals surface area contributed by atoms with E-state index in [2.05, 4.69) is 4.98 Å². The summed E-state index contributed by atoms with van der Waals surface area (Å²) < 4.78 is 0. The molecule has 1 aromatic rings. The molecule has 0 atom stereocenters. The summed E-state index contributed by atoms with van der Waals surface area (Å²) in [5.74, 6) is 0.139. The Morgan fingerprint density at radius 2 is 2.35 bits per heavy atom. The first kappa shape index (κ1) is 11.3. The Balaban J connectivity index is 2.42. The monoisotopic (exact) mass is 234 g/mol. The molecule has 0 bridgehead atoms. The number of nitrogens with zero attached hydrogens (tertiary/aromatic N) is 4. The fraction of sp³-hybridized carbons (Fsp3) is 0.400. The molecule has 2 heterocycles. The van der Waals surface area contributed by atoms with Crippen LogP contribution in [0.2, 0.25) is 0 Å². The van der Waals surface area contributed by atoms with E-state index < -0.39 is 10.5 Å². The molecule has 0 aliphatic carbocycles. The third-order valence-corrected chi connectivity index (χ3v) is 2.57. The maximum atomic E-state index is 10.9. The molecule has 0 saturated carbocycles. The predicted molar refractivity (Wildman–Crippen MR) is 58.4 cm³/mol. The number of nitro groups is 1. The number of hydrogen-bond donors (Lipinski definition) is 1. The van der Waals surface area contributed by atoms with Crippen LogP contribution in [-0.2, 0) is 0 Å². The minimum atomic E-state index is -0.849. The third-order valence-electron chi connectivity index (χ3n) is 2.57. The van der Waals surface area contributed by atoms with Gasteiger partial charge in [0, 0.05) is 19.3 Å². The zero-order valence-corrected chi connectivity index (χ0v) is 9.12. The summed E-state index contributed by atoms with van der Waals surface area (Å²) in [4.78, 5) is 15.8. The molecule has 0 unspecified atom stereocenters. The van der Waals surface area contributed by atoms with E-state index in [9.17, 15) is 15.2 Å². The summed E-state index contributed by atoms with van der Waals surface area (Å²) in [7, 11) is 0. The average molecular weight is 234 g/mol. The van der Waals surface area contributed by atoms with Gasteiger partial charge in [0.25, 0.3) is 0 Å². The van der Waals surface area contributed by atoms with Crippen LogP contribution in [0.25, 0.3) is 0 Å². The number of pyridine rings is 1. The van der Waals surface area contributed by atoms with Gasteiger partial charge in [0.2, 0.25) is 5.82 Å². The second-order valence-electron chi connectivity index (χ2n) is 4.25. The van der Waals surface area contributed by atoms with Crippen LogP contribution in [0.4, 0.5) is 11.5 Å². The molecule has 1 fully saturated rings. The van der Waals surface area contributed by atoms with Crippen molar-refractivity contribution in [1.29, 1.82) is 5.26 Å². The normalized spacial score (nSPS) is 17.1. The number of anilines is 1. The fourth-order valence-corrected chi connectivity index (χ4v) is 1.87. The Morgan fingerprint density at radius 1 is 1.71 bits per heavy atom. The first-order valence-corrected chi connectivity index (χ1v) is 4.95. The topological polar surface area (TPSA) is 103 Å². The van der Waals surface area contributed by atoms with Gasteiger partial charge < -0.3 is 10.0 Å². The summed E-state index contributed by atoms with van der Waals surface area (Å²) in [6.07, 6.45) is 1.36. The number of nitriles is 1. The summed E-state index contributed by atoms with van der Waals surface area (Å²) >= 11 is 0. The van der Waals surface area contributed by atoms with Gasteiger partial charge in [-0.15, -0.1) is 0 Å². The van der Waals surface area contributed by atoms with Gasteiger partial charge in [-0.25, -0.2) is 4.98 Å². The highest BCUT2D eigenvalue weighted by molar-refractivity contribution is 5.66. The van der Waals surface area contributed by atoms with Gasteiger partial charge in [-0.3, -0.25) is 10.1 Å². The van der Waals surface area contributed by atoms with Crippen molar-refractivity contribution >= 4 is 11.5 Å². The van der Waals surface area contributed by atoms with Crippen molar-refractivity contribution in [3.8, 4) is 6.07 Å². The van der Waals surface area contributed by atoms with Crippen molar-refractivity contribution < 1.29 is 10.0 Å². The summed E-state index contributed by atoms with van der Waals surface area (Å²) in [6, 6.07) is 3.08. The number of β-amino-alcohol motifs (C(OH)–C–C–N with tert-alkyl or cyclic N) is 1. The molecule has 1 aromatic heterocycles. The molecule has 88 valence electrons. The van der Waals surface area contributed by atoms with Crippen molar-refractivity contribution in [2.75, 3.05) is 18.0 Å². The molecular weight excluding hydrogens is 224 g/mol. The Morgan fingerprint density at radius 3 is 2.82 bits per heavy atom. The molecular formula is C10H10N4O3. The average Bonchev–Trinajstić information content (AvgIpc) is 2.24. The number of aliphatic hydroxyl groups is 1. The number of rotatable bonds is 2. The van der Waals surface area contributed by atoms with E-state index in [1.54, 1.807) is 17.9 Å². The molecule has 17 heavy (non-hydrogen) atoms. The van der Waals surface area contributed by atoms with Crippen molar-refractivity contribution in [2.45, 2.75) is 12.5 Å². The van der Waals surface area contributed by atoms with Crippen LogP contribution in [-0.4, -0.2) is 33.7 Å². The molecule has 1 N–H and O–H groups in total. The summed E-state index contributed by atoms with van der Waals surface area (Å²) in [5, 5.41) is 29.3. The highest BCUT2D eigenvalue weighted by Gasteiger charge is 2.40. The van der Waals surface area contributed by atoms with Crippen LogP contribution in [0.3, 0.4) is 0 Å². The molecule has 7 heteroatoms. The molecule has 1 aliphatic rings. The van der Waals surface area contributed by atoms with Crippen molar-refractivity contribution in [2.24, 2.45) is 0 Å². The lowest BCUT2D eigenvalue weighted by atomic mass is 9.96. The maximum Gasteiger partial charge on any atom is 0.329 e. The molecule has 1 aliphatic heterocycles. The molecule has 0 aromatic carbocycles. The molecule has 7 nitrogen and oxygen atoms in total. The van der Waals surface area contributed by atoms with E-state index in [-0.39, 0.29) is 30.2 Å². The largest absolute Gasteiger partial charge is 0.386 e. The molecule has 0 radical (unpaired) electrons. The Kier molecular flexibility index (Phi) is 2.44. The van der Waals surface area contributed by atoms with E-state index >= 15 is 0 Å². The van der Waals surface area contributed by atoms with E-state index in [1.165, 1.54) is 12.3 Å². The zero-order valence-electron chi connectivity index (χ0n) is 9.12. The number of aromatic nitrogens is 1. The molecule has 1 saturated heterocycles. The standard InChI is InChI=1S/C10H10N4O3/c1-10(15)5-13(6-10)9-8(14(16)17)7(4-11)2-3-12-9/h2-3,15H,5-6H2,1H3. The first-order chi connectivity index (χ1) is 7.94. The van der Waals surface area contributed by atoms with E-state index in [4.69, 9.17) is 5.26 Å². The van der Waals surface area contributed by atoms with Crippen LogP contribution in [0.1, 0.15) is 12.5 Å². The van der Waals surface area contributed by atoms with Crippen LogP contribution >= 0.6 is 0 Å². The Bertz CT molecular complexity index is 513. The second kappa shape index (κ2) is 3.68. The second-order valence-corrected chi connectivity index (χ2v) is 4.25. The summed E-state index contributed by atoms with van der Waals surface area (Å²) in [5.41, 5.74) is -1.17. The first-order valence-electron chi connectivity index (χ1n) is 4.95. The zero-order chi connectivity index (χ0) is 12.6. The number of hydrogen-bond acceptors (Lipinski definition) is 6. The van der Waals surface area contributed by atoms with Crippen LogP contribution in [0.5, 0.6) is 0 Å². The minimum absolute atomic E-state index is 0.0217. The smallest absolute Gasteiger partial charge is 0.329 e. The van der Waals surface area contributed by atoms with Crippen molar-refractivity contribution in [3.63, 3.8) is 0 Å². The SMILES string of the molecule is CC1(O)CN(c2nccc(C#N)c2[N+](=O)[O-])C1. The van der Waals surface area contributed by atoms with Gasteiger partial charge in [0.15, 0.2) is 0 Å². The Labute approximate surface area is 97.1 Å².